The number of methoxy groups -OCH3 is 1. The fourth-order valence-corrected chi connectivity index (χ4v) is 1.13. The number of ether oxygens (including phenoxy) is 1. The summed E-state index contributed by atoms with van der Waals surface area (Å²) in [7, 11) is 4.93. The summed E-state index contributed by atoms with van der Waals surface area (Å²) in [4.78, 5) is 21.0. The molecule has 1 heterocycles. The summed E-state index contributed by atoms with van der Waals surface area (Å²) in [6.07, 6.45) is 0. The lowest BCUT2D eigenvalue weighted by Crippen LogP contribution is -2.29. The van der Waals surface area contributed by atoms with Gasteiger partial charge in [-0.05, 0) is 0 Å². The predicted molar refractivity (Wildman–Crippen MR) is 64.3 cm³/mol. The summed E-state index contributed by atoms with van der Waals surface area (Å²) >= 11 is 0. The average Bonchev–Trinajstić information content (AvgIpc) is 2.25. The third-order valence-corrected chi connectivity index (χ3v) is 1.99. The van der Waals surface area contributed by atoms with Crippen molar-refractivity contribution in [1.29, 1.82) is 0 Å². The summed E-state index contributed by atoms with van der Waals surface area (Å²) in [5.41, 5.74) is 5.61. The molecule has 1 aromatic rings. The second kappa shape index (κ2) is 6.00. The lowest BCUT2D eigenvalue weighted by molar-refractivity contribution is -0.126. The van der Waals surface area contributed by atoms with E-state index in [1.165, 1.54) is 4.90 Å². The number of carbonyl (C=O) groups excluding carboxylic acids is 1. The fraction of sp³-hybridized carbons (Fsp3) is 0.500. The molecule has 0 aromatic carbocycles. The van der Waals surface area contributed by atoms with E-state index < -0.39 is 0 Å². The number of nitrogens with zero attached hydrogens (tertiary/aromatic N) is 3. The molecule has 0 saturated carbocycles. The van der Waals surface area contributed by atoms with Crippen molar-refractivity contribution in [3.63, 3.8) is 0 Å². The Balaban J connectivity index is 2.67. The van der Waals surface area contributed by atoms with E-state index in [2.05, 4.69) is 15.3 Å². The van der Waals surface area contributed by atoms with E-state index in [0.717, 1.165) is 0 Å². The van der Waals surface area contributed by atoms with Crippen molar-refractivity contribution < 1.29 is 9.53 Å². The highest BCUT2D eigenvalue weighted by Gasteiger charge is 2.06. The van der Waals surface area contributed by atoms with Crippen LogP contribution < -0.4 is 11.1 Å². The molecule has 7 heteroatoms. The minimum atomic E-state index is -0.0459. The Morgan fingerprint density at radius 2 is 2.24 bits per heavy atom. The normalized spacial score (nSPS) is 10.1. The molecule has 7 nitrogen and oxygen atoms in total. The van der Waals surface area contributed by atoms with Crippen LogP contribution in [0.25, 0.3) is 0 Å². The quantitative estimate of drug-likeness (QED) is 0.733. The molecule has 0 aliphatic heterocycles. The van der Waals surface area contributed by atoms with Crippen molar-refractivity contribution in [3.8, 4) is 0 Å². The molecule has 0 saturated heterocycles. The first kappa shape index (κ1) is 13.2. The van der Waals surface area contributed by atoms with E-state index in [1.807, 2.05) is 0 Å². The zero-order valence-electron chi connectivity index (χ0n) is 10.2. The number of nitrogen functional groups attached to an aromatic ring is 1. The summed E-state index contributed by atoms with van der Waals surface area (Å²) in [6, 6.07) is 1.57. The molecule has 0 bridgehead atoms. The molecule has 94 valence electrons. The minimum absolute atomic E-state index is 0.0459. The Morgan fingerprint density at radius 3 is 2.82 bits per heavy atom. The van der Waals surface area contributed by atoms with Crippen molar-refractivity contribution in [2.24, 2.45) is 0 Å². The first-order valence-electron chi connectivity index (χ1n) is 5.09. The van der Waals surface area contributed by atoms with E-state index in [9.17, 15) is 4.79 Å². The van der Waals surface area contributed by atoms with E-state index in [0.29, 0.717) is 17.5 Å². The van der Waals surface area contributed by atoms with Gasteiger partial charge < -0.3 is 20.7 Å². The largest absolute Gasteiger partial charge is 0.384 e. The van der Waals surface area contributed by atoms with Gasteiger partial charge in [-0.3, -0.25) is 4.79 Å². The fourth-order valence-electron chi connectivity index (χ4n) is 1.13. The molecule has 0 radical (unpaired) electrons. The highest BCUT2D eigenvalue weighted by atomic mass is 16.5. The Hall–Kier alpha value is -1.89. The molecule has 1 amide bonds. The second-order valence-corrected chi connectivity index (χ2v) is 3.67. The van der Waals surface area contributed by atoms with Crippen molar-refractivity contribution in [2.45, 2.75) is 6.61 Å². The van der Waals surface area contributed by atoms with E-state index >= 15 is 0 Å². The monoisotopic (exact) mass is 239 g/mol. The maximum atomic E-state index is 11.4. The smallest absolute Gasteiger partial charge is 0.241 e. The summed E-state index contributed by atoms with van der Waals surface area (Å²) < 4.78 is 4.92. The first-order chi connectivity index (χ1) is 8.02. The van der Waals surface area contributed by atoms with E-state index in [-0.39, 0.29) is 19.1 Å². The molecule has 0 spiro atoms. The van der Waals surface area contributed by atoms with Crippen LogP contribution in [0.3, 0.4) is 0 Å². The standard InChI is InChI=1S/C10H17N5O2/c1-15(2)10(16)5-12-8-4-7(11)13-9(14-8)6-17-3/h4H,5-6H2,1-3H3,(H3,11,12,13,14). The average molecular weight is 239 g/mol. The van der Waals surface area contributed by atoms with E-state index in [4.69, 9.17) is 10.5 Å². The van der Waals surface area contributed by atoms with Crippen LogP contribution in [0.2, 0.25) is 0 Å². The van der Waals surface area contributed by atoms with Crippen LogP contribution in [0, 0.1) is 0 Å². The summed E-state index contributed by atoms with van der Waals surface area (Å²) in [6.45, 7) is 0.442. The maximum Gasteiger partial charge on any atom is 0.241 e. The lowest BCUT2D eigenvalue weighted by atomic mass is 10.4. The van der Waals surface area contributed by atoms with Crippen molar-refractivity contribution in [2.75, 3.05) is 38.8 Å². The molecular formula is C10H17N5O2. The molecule has 0 aliphatic carbocycles. The van der Waals surface area contributed by atoms with Crippen LogP contribution in [0.4, 0.5) is 11.6 Å². The number of anilines is 2. The van der Waals surface area contributed by atoms with Crippen LogP contribution in [0.15, 0.2) is 6.07 Å². The molecule has 3 N–H and O–H groups in total. The molecule has 1 aromatic heterocycles. The van der Waals surface area contributed by atoms with E-state index in [1.54, 1.807) is 27.3 Å². The third kappa shape index (κ3) is 4.23. The van der Waals surface area contributed by atoms with Gasteiger partial charge in [-0.1, -0.05) is 0 Å². The van der Waals surface area contributed by atoms with Gasteiger partial charge in [0.15, 0.2) is 5.82 Å². The van der Waals surface area contributed by atoms with Crippen molar-refractivity contribution in [3.05, 3.63) is 11.9 Å². The Kier molecular flexibility index (Phi) is 4.65. The van der Waals surface area contributed by atoms with Crippen LogP contribution in [-0.2, 0) is 16.1 Å². The molecule has 0 unspecified atom stereocenters. The molecule has 0 fully saturated rings. The number of likely N-dealkylation sites (N-methyl/N-ethyl adjacent to an activating group) is 1. The molecule has 1 rings (SSSR count). The number of rotatable bonds is 5. The van der Waals surface area contributed by atoms with Gasteiger partial charge in [-0.15, -0.1) is 0 Å². The Bertz CT molecular complexity index is 394. The van der Waals surface area contributed by atoms with Crippen LogP contribution >= 0.6 is 0 Å². The zero-order chi connectivity index (χ0) is 12.8. The molecular weight excluding hydrogens is 222 g/mol. The number of carbonyl (C=O) groups is 1. The van der Waals surface area contributed by atoms with Crippen LogP contribution in [0.5, 0.6) is 0 Å². The van der Waals surface area contributed by atoms with Gasteiger partial charge in [0.05, 0.1) is 6.54 Å². The topological polar surface area (TPSA) is 93.4 Å². The van der Waals surface area contributed by atoms with Gasteiger partial charge in [0.25, 0.3) is 0 Å². The number of nitrogens with two attached hydrogens (primary N) is 1. The predicted octanol–water partition coefficient (Wildman–Crippen LogP) is -0.295. The minimum Gasteiger partial charge on any atom is -0.384 e. The van der Waals surface area contributed by atoms with Gasteiger partial charge in [0.2, 0.25) is 5.91 Å². The number of amides is 1. The van der Waals surface area contributed by atoms with Crippen molar-refractivity contribution >= 4 is 17.5 Å². The highest BCUT2D eigenvalue weighted by molar-refractivity contribution is 5.80. The molecule has 0 aliphatic rings. The molecule has 0 atom stereocenters. The number of nitrogens with one attached hydrogen (secondary N) is 1. The van der Waals surface area contributed by atoms with Crippen molar-refractivity contribution in [1.82, 2.24) is 14.9 Å². The van der Waals surface area contributed by atoms with Gasteiger partial charge in [0.1, 0.15) is 18.2 Å². The Labute approximate surface area is 100.0 Å². The van der Waals surface area contributed by atoms with Gasteiger partial charge in [-0.2, -0.15) is 0 Å². The number of aromatic nitrogens is 2. The molecule has 17 heavy (non-hydrogen) atoms. The number of hydrogen-bond acceptors (Lipinski definition) is 6. The van der Waals surface area contributed by atoms with Crippen LogP contribution in [-0.4, -0.2) is 48.5 Å². The van der Waals surface area contributed by atoms with Gasteiger partial charge in [-0.25, -0.2) is 9.97 Å². The second-order valence-electron chi connectivity index (χ2n) is 3.67. The SMILES string of the molecule is COCc1nc(N)cc(NCC(=O)N(C)C)n1. The third-order valence-electron chi connectivity index (χ3n) is 1.99. The van der Waals surface area contributed by atoms with Gasteiger partial charge >= 0.3 is 0 Å². The van der Waals surface area contributed by atoms with Gasteiger partial charge in [0, 0.05) is 27.3 Å². The highest BCUT2D eigenvalue weighted by Crippen LogP contribution is 2.08. The maximum absolute atomic E-state index is 11.4. The lowest BCUT2D eigenvalue weighted by Gasteiger charge is -2.12. The summed E-state index contributed by atoms with van der Waals surface area (Å²) in [5.74, 6) is 1.29. The Morgan fingerprint density at radius 1 is 1.53 bits per heavy atom. The number of hydrogen-bond donors (Lipinski definition) is 2. The first-order valence-corrected chi connectivity index (χ1v) is 5.09. The zero-order valence-corrected chi connectivity index (χ0v) is 10.2. The summed E-state index contributed by atoms with van der Waals surface area (Å²) in [5, 5.41) is 2.89. The van der Waals surface area contributed by atoms with Crippen LogP contribution in [0.1, 0.15) is 5.82 Å².